The van der Waals surface area contributed by atoms with Crippen molar-refractivity contribution in [2.45, 2.75) is 25.4 Å². The summed E-state index contributed by atoms with van der Waals surface area (Å²) in [4.78, 5) is 29.1. The number of ether oxygens (including phenoxy) is 1. The molecule has 3 heterocycles. The molecular weight excluding hydrogens is 316 g/mol. The second kappa shape index (κ2) is 6.98. The molecule has 2 aliphatic heterocycles. The van der Waals surface area contributed by atoms with Crippen molar-refractivity contribution in [1.29, 1.82) is 0 Å². The number of carbonyl (C=O) groups excluding carboxylic acids is 1. The zero-order valence-corrected chi connectivity index (χ0v) is 14.0. The lowest BCUT2D eigenvalue weighted by atomic mass is 9.98. The number of morpholine rings is 1. The van der Waals surface area contributed by atoms with E-state index in [1.807, 2.05) is 24.4 Å². The fraction of sp³-hybridized carbons (Fsp3) is 0.625. The van der Waals surface area contributed by atoms with E-state index in [1.54, 1.807) is 4.90 Å². The predicted molar refractivity (Wildman–Crippen MR) is 86.4 cm³/mol. The van der Waals surface area contributed by atoms with Crippen molar-refractivity contribution in [3.8, 4) is 0 Å². The first kappa shape index (κ1) is 16.4. The highest BCUT2D eigenvalue weighted by Crippen LogP contribution is 2.41. The minimum absolute atomic E-state index is 0.0166. The molecular formula is C16H22N2O4S. The average molecular weight is 338 g/mol. The van der Waals surface area contributed by atoms with Crippen LogP contribution in [0, 0.1) is 5.92 Å². The van der Waals surface area contributed by atoms with Crippen LogP contribution in [-0.4, -0.2) is 65.7 Å². The zero-order valence-electron chi connectivity index (χ0n) is 13.2. The van der Waals surface area contributed by atoms with Gasteiger partial charge in [0.05, 0.1) is 25.2 Å². The first-order chi connectivity index (χ1) is 11.1. The number of amides is 1. The Kier molecular flexibility index (Phi) is 4.99. The Labute approximate surface area is 139 Å². The van der Waals surface area contributed by atoms with Gasteiger partial charge in [0.2, 0.25) is 5.91 Å². The van der Waals surface area contributed by atoms with E-state index in [4.69, 9.17) is 4.74 Å². The molecule has 0 aliphatic carbocycles. The van der Waals surface area contributed by atoms with Crippen LogP contribution in [0.15, 0.2) is 17.5 Å². The van der Waals surface area contributed by atoms with Gasteiger partial charge in [-0.2, -0.15) is 0 Å². The van der Waals surface area contributed by atoms with Gasteiger partial charge in [-0.3, -0.25) is 14.5 Å². The van der Waals surface area contributed by atoms with Gasteiger partial charge in [-0.25, -0.2) is 0 Å². The van der Waals surface area contributed by atoms with E-state index < -0.39 is 11.9 Å². The number of rotatable bonds is 5. The van der Waals surface area contributed by atoms with Crippen molar-refractivity contribution in [3.05, 3.63) is 22.4 Å². The number of aliphatic carboxylic acids is 1. The summed E-state index contributed by atoms with van der Waals surface area (Å²) in [6.07, 6.45) is 0.0886. The molecule has 1 aromatic heterocycles. The van der Waals surface area contributed by atoms with Crippen LogP contribution in [0.1, 0.15) is 24.3 Å². The van der Waals surface area contributed by atoms with Gasteiger partial charge in [0.15, 0.2) is 0 Å². The first-order valence-electron chi connectivity index (χ1n) is 7.95. The molecule has 7 heteroatoms. The number of nitrogens with zero attached hydrogens (tertiary/aromatic N) is 2. The predicted octanol–water partition coefficient (Wildman–Crippen LogP) is 1.44. The van der Waals surface area contributed by atoms with E-state index in [-0.39, 0.29) is 24.4 Å². The number of hydrogen-bond acceptors (Lipinski definition) is 5. The first-order valence-corrected chi connectivity index (χ1v) is 8.83. The molecule has 0 aromatic carbocycles. The molecule has 6 nitrogen and oxygen atoms in total. The van der Waals surface area contributed by atoms with Crippen LogP contribution in [0.3, 0.4) is 0 Å². The monoisotopic (exact) mass is 338 g/mol. The van der Waals surface area contributed by atoms with Gasteiger partial charge >= 0.3 is 5.97 Å². The maximum absolute atomic E-state index is 12.5. The molecule has 2 fully saturated rings. The van der Waals surface area contributed by atoms with Crippen molar-refractivity contribution < 1.29 is 19.4 Å². The van der Waals surface area contributed by atoms with E-state index in [0.29, 0.717) is 13.2 Å². The molecule has 0 bridgehead atoms. The standard InChI is InChI=1S/C16H22N2O4S/c1-11(10-17-4-6-22-7-5-17)18-14(19)9-12(16(20)21)15(18)13-3-2-8-23-13/h2-3,8,11-12,15H,4-7,9-10H2,1H3,(H,20,21)/t11-,12-,15-/m1/s1. The third kappa shape index (κ3) is 3.41. The van der Waals surface area contributed by atoms with Gasteiger partial charge in [-0.15, -0.1) is 11.3 Å². The molecule has 3 rings (SSSR count). The lowest BCUT2D eigenvalue weighted by molar-refractivity contribution is -0.142. The van der Waals surface area contributed by atoms with Crippen LogP contribution in [-0.2, 0) is 14.3 Å². The maximum atomic E-state index is 12.5. The summed E-state index contributed by atoms with van der Waals surface area (Å²) in [6, 6.07) is 3.47. The Bertz CT molecular complexity index is 556. The number of carboxylic acids is 1. The number of carbonyl (C=O) groups is 2. The molecule has 0 radical (unpaired) electrons. The molecule has 3 atom stereocenters. The molecule has 0 spiro atoms. The van der Waals surface area contributed by atoms with Gasteiger partial charge in [-0.1, -0.05) is 6.07 Å². The van der Waals surface area contributed by atoms with Crippen molar-refractivity contribution in [3.63, 3.8) is 0 Å². The summed E-state index contributed by atoms with van der Waals surface area (Å²) in [6.45, 7) is 5.91. The van der Waals surface area contributed by atoms with E-state index in [9.17, 15) is 14.7 Å². The number of hydrogen-bond donors (Lipinski definition) is 1. The molecule has 23 heavy (non-hydrogen) atoms. The zero-order chi connectivity index (χ0) is 16.4. The molecule has 1 N–H and O–H groups in total. The largest absolute Gasteiger partial charge is 0.481 e. The highest BCUT2D eigenvalue weighted by molar-refractivity contribution is 7.10. The summed E-state index contributed by atoms with van der Waals surface area (Å²) in [5.41, 5.74) is 0. The van der Waals surface area contributed by atoms with Gasteiger partial charge in [-0.05, 0) is 18.4 Å². The molecule has 126 valence electrons. The van der Waals surface area contributed by atoms with Crippen molar-refractivity contribution in [2.24, 2.45) is 5.92 Å². The smallest absolute Gasteiger partial charge is 0.309 e. The molecule has 0 unspecified atom stereocenters. The van der Waals surface area contributed by atoms with Crippen LogP contribution in [0.5, 0.6) is 0 Å². The van der Waals surface area contributed by atoms with Crippen LogP contribution < -0.4 is 0 Å². The van der Waals surface area contributed by atoms with Crippen LogP contribution in [0.25, 0.3) is 0 Å². The maximum Gasteiger partial charge on any atom is 0.309 e. The molecule has 1 aromatic rings. The molecule has 0 saturated carbocycles. The number of thiophene rings is 1. The third-order valence-electron chi connectivity index (χ3n) is 4.62. The number of likely N-dealkylation sites (tertiary alicyclic amines) is 1. The molecule has 1 amide bonds. The third-order valence-corrected chi connectivity index (χ3v) is 5.56. The van der Waals surface area contributed by atoms with Crippen LogP contribution >= 0.6 is 11.3 Å². The fourth-order valence-corrected chi connectivity index (χ4v) is 4.43. The molecule has 2 aliphatic rings. The topological polar surface area (TPSA) is 70.1 Å². The second-order valence-corrected chi connectivity index (χ2v) is 7.15. The van der Waals surface area contributed by atoms with Crippen molar-refractivity contribution >= 4 is 23.2 Å². The summed E-state index contributed by atoms with van der Waals surface area (Å²) in [5.74, 6) is -1.61. The Morgan fingerprint density at radius 3 is 2.83 bits per heavy atom. The van der Waals surface area contributed by atoms with Gasteiger partial charge < -0.3 is 14.7 Å². The Hall–Kier alpha value is -1.44. The Morgan fingerprint density at radius 1 is 1.48 bits per heavy atom. The molecule has 2 saturated heterocycles. The second-order valence-electron chi connectivity index (χ2n) is 6.17. The summed E-state index contributed by atoms with van der Waals surface area (Å²) in [7, 11) is 0. The summed E-state index contributed by atoms with van der Waals surface area (Å²) >= 11 is 1.52. The normalized spacial score (nSPS) is 27.3. The van der Waals surface area contributed by atoms with Gasteiger partial charge in [0, 0.05) is 37.0 Å². The SMILES string of the molecule is C[C@H](CN1CCOCC1)N1C(=O)C[C@@H](C(=O)O)[C@@H]1c1cccs1. The van der Waals surface area contributed by atoms with E-state index in [1.165, 1.54) is 11.3 Å². The minimum atomic E-state index is -0.891. The van der Waals surface area contributed by atoms with Gasteiger partial charge in [0.25, 0.3) is 0 Å². The van der Waals surface area contributed by atoms with Crippen molar-refractivity contribution in [1.82, 2.24) is 9.80 Å². The highest BCUT2D eigenvalue weighted by atomic mass is 32.1. The highest BCUT2D eigenvalue weighted by Gasteiger charge is 2.47. The van der Waals surface area contributed by atoms with E-state index in [2.05, 4.69) is 4.90 Å². The Balaban J connectivity index is 1.79. The van der Waals surface area contributed by atoms with Crippen molar-refractivity contribution in [2.75, 3.05) is 32.8 Å². The quantitative estimate of drug-likeness (QED) is 0.880. The fourth-order valence-electron chi connectivity index (χ4n) is 3.54. The minimum Gasteiger partial charge on any atom is -0.481 e. The Morgan fingerprint density at radius 2 is 2.22 bits per heavy atom. The summed E-state index contributed by atoms with van der Waals surface area (Å²) < 4.78 is 5.36. The van der Waals surface area contributed by atoms with E-state index >= 15 is 0 Å². The lowest BCUT2D eigenvalue weighted by Gasteiger charge is -2.36. The van der Waals surface area contributed by atoms with Crippen LogP contribution in [0.4, 0.5) is 0 Å². The average Bonchev–Trinajstić information content (AvgIpc) is 3.15. The lowest BCUT2D eigenvalue weighted by Crippen LogP contribution is -2.47. The van der Waals surface area contributed by atoms with Gasteiger partial charge in [0.1, 0.15) is 0 Å². The number of carboxylic acid groups (broad SMARTS) is 1. The summed E-state index contributed by atoms with van der Waals surface area (Å²) in [5, 5.41) is 11.5. The van der Waals surface area contributed by atoms with Crippen LogP contribution in [0.2, 0.25) is 0 Å². The van der Waals surface area contributed by atoms with E-state index in [0.717, 1.165) is 24.5 Å².